The fourth-order valence-corrected chi connectivity index (χ4v) is 5.39. The van der Waals surface area contributed by atoms with E-state index >= 15 is 0 Å². The molecule has 3 aromatic rings. The van der Waals surface area contributed by atoms with Crippen LogP contribution in [0.2, 0.25) is 0 Å². The zero-order valence-electron chi connectivity index (χ0n) is 19.7. The standard InChI is InChI=1S/C15H16N6OS.C8H19N/c1-23(17,22)15(4-5-15)11-8-12(16)21-14(20-11)10-3-7-19-13-9(10)2-6-18-13;1-5-7-9(6-2)8(3)4/h2-3,6-8,17H,4-5H2,1H3,(H,18,19)(H2,16,20,21);8H,5-7H2,1-4H3/t23-;/m1./s1. The van der Waals surface area contributed by atoms with Gasteiger partial charge in [0.2, 0.25) is 0 Å². The van der Waals surface area contributed by atoms with Crippen molar-refractivity contribution in [2.24, 2.45) is 0 Å². The number of nitrogens with one attached hydrogen (secondary N) is 2. The summed E-state index contributed by atoms with van der Waals surface area (Å²) in [6.45, 7) is 11.4. The van der Waals surface area contributed by atoms with Crippen LogP contribution in [0.3, 0.4) is 0 Å². The fourth-order valence-electron chi connectivity index (χ4n) is 4.00. The van der Waals surface area contributed by atoms with Gasteiger partial charge in [-0.25, -0.2) is 19.2 Å². The number of anilines is 1. The first-order valence-corrected chi connectivity index (χ1v) is 13.1. The molecule has 1 atom stereocenters. The number of aromatic nitrogens is 4. The predicted molar refractivity (Wildman–Crippen MR) is 132 cm³/mol. The SMILES string of the molecule is CCCN(CC)C(C)C.C[S@@](=N)(=O)C1(c2cc(N)nc(-c3ccnc4[nH]ccc34)n2)CC1. The van der Waals surface area contributed by atoms with Crippen molar-refractivity contribution >= 4 is 26.6 Å². The number of pyridine rings is 1. The van der Waals surface area contributed by atoms with Gasteiger partial charge in [-0.05, 0) is 58.3 Å². The Bertz CT molecular complexity index is 1170. The molecule has 1 aliphatic rings. The van der Waals surface area contributed by atoms with Crippen LogP contribution in [-0.2, 0) is 14.5 Å². The molecule has 4 N–H and O–H groups in total. The van der Waals surface area contributed by atoms with Crippen molar-refractivity contribution in [3.63, 3.8) is 0 Å². The summed E-state index contributed by atoms with van der Waals surface area (Å²) in [5.74, 6) is 0.794. The van der Waals surface area contributed by atoms with Gasteiger partial charge in [-0.2, -0.15) is 0 Å². The van der Waals surface area contributed by atoms with Crippen LogP contribution < -0.4 is 5.73 Å². The van der Waals surface area contributed by atoms with Crippen LogP contribution in [-0.4, -0.2) is 54.4 Å². The Labute approximate surface area is 191 Å². The number of hydrogen-bond donors (Lipinski definition) is 3. The second-order valence-corrected chi connectivity index (χ2v) is 11.1. The van der Waals surface area contributed by atoms with Gasteiger partial charge in [-0.1, -0.05) is 13.8 Å². The van der Waals surface area contributed by atoms with Crippen molar-refractivity contribution in [2.45, 2.75) is 57.7 Å². The molecule has 0 unspecified atom stereocenters. The summed E-state index contributed by atoms with van der Waals surface area (Å²) in [5.41, 5.74) is 8.11. The Morgan fingerprint density at radius 2 is 2.00 bits per heavy atom. The maximum absolute atomic E-state index is 12.4. The molecule has 0 aliphatic heterocycles. The molecule has 1 aliphatic carbocycles. The lowest BCUT2D eigenvalue weighted by molar-refractivity contribution is 0.234. The second kappa shape index (κ2) is 9.54. The first kappa shape index (κ1) is 24.1. The molecular formula is C23H35N7OS. The van der Waals surface area contributed by atoms with Crippen molar-refractivity contribution in [1.29, 1.82) is 4.78 Å². The monoisotopic (exact) mass is 457 g/mol. The van der Waals surface area contributed by atoms with Crippen LogP contribution in [0.15, 0.2) is 30.6 Å². The van der Waals surface area contributed by atoms with Crippen molar-refractivity contribution in [1.82, 2.24) is 24.8 Å². The van der Waals surface area contributed by atoms with E-state index in [1.54, 1.807) is 18.5 Å². The van der Waals surface area contributed by atoms with Gasteiger partial charge < -0.3 is 15.6 Å². The number of nitrogens with zero attached hydrogens (tertiary/aromatic N) is 4. The highest BCUT2D eigenvalue weighted by Gasteiger charge is 2.53. The van der Waals surface area contributed by atoms with Gasteiger partial charge >= 0.3 is 0 Å². The molecule has 8 nitrogen and oxygen atoms in total. The number of H-pyrrole nitrogens is 1. The number of aromatic amines is 1. The minimum Gasteiger partial charge on any atom is -0.384 e. The Balaban J connectivity index is 0.000000275. The molecule has 0 radical (unpaired) electrons. The van der Waals surface area contributed by atoms with E-state index < -0.39 is 14.5 Å². The summed E-state index contributed by atoms with van der Waals surface area (Å²) in [7, 11) is -2.76. The molecular weight excluding hydrogens is 422 g/mol. The topological polar surface area (TPSA) is 125 Å². The van der Waals surface area contributed by atoms with E-state index in [-0.39, 0.29) is 0 Å². The van der Waals surface area contributed by atoms with Crippen LogP contribution >= 0.6 is 0 Å². The van der Waals surface area contributed by atoms with Gasteiger partial charge in [0.1, 0.15) is 11.5 Å². The van der Waals surface area contributed by atoms with Crippen LogP contribution in [0.1, 0.15) is 52.7 Å². The van der Waals surface area contributed by atoms with Gasteiger partial charge in [-0.15, -0.1) is 0 Å². The molecule has 0 saturated heterocycles. The van der Waals surface area contributed by atoms with Crippen LogP contribution in [0.5, 0.6) is 0 Å². The van der Waals surface area contributed by atoms with Gasteiger partial charge in [0.05, 0.1) is 20.2 Å². The molecule has 3 heterocycles. The molecule has 0 amide bonds. The summed E-state index contributed by atoms with van der Waals surface area (Å²) in [5, 5.41) is 0.900. The highest BCUT2D eigenvalue weighted by molar-refractivity contribution is 7.92. The zero-order valence-corrected chi connectivity index (χ0v) is 20.5. The first-order valence-electron chi connectivity index (χ1n) is 11.2. The molecule has 9 heteroatoms. The highest BCUT2D eigenvalue weighted by Crippen LogP contribution is 2.52. The number of nitrogens with two attached hydrogens (primary N) is 1. The van der Waals surface area contributed by atoms with E-state index in [2.05, 4.69) is 52.5 Å². The van der Waals surface area contributed by atoms with Crippen LogP contribution in [0, 0.1) is 4.78 Å². The maximum atomic E-state index is 12.4. The van der Waals surface area contributed by atoms with E-state index in [1.807, 2.05) is 12.1 Å². The third kappa shape index (κ3) is 4.94. The molecule has 1 saturated carbocycles. The Morgan fingerprint density at radius 1 is 1.28 bits per heavy atom. The number of hydrogen-bond acceptors (Lipinski definition) is 7. The number of fused-ring (bicyclic) bond motifs is 1. The number of nitrogen functional groups attached to an aromatic ring is 1. The highest BCUT2D eigenvalue weighted by atomic mass is 32.2. The van der Waals surface area contributed by atoms with Crippen molar-refractivity contribution in [3.8, 4) is 11.4 Å². The number of rotatable bonds is 7. The van der Waals surface area contributed by atoms with Gasteiger partial charge in [-0.3, -0.25) is 4.78 Å². The van der Waals surface area contributed by atoms with Crippen LogP contribution in [0.25, 0.3) is 22.4 Å². The zero-order chi connectivity index (χ0) is 23.5. The summed E-state index contributed by atoms with van der Waals surface area (Å²) in [6.07, 6.45) is 7.61. The van der Waals surface area contributed by atoms with Crippen molar-refractivity contribution in [2.75, 3.05) is 25.1 Å². The minimum atomic E-state index is -2.76. The van der Waals surface area contributed by atoms with Crippen molar-refractivity contribution in [3.05, 3.63) is 36.3 Å². The van der Waals surface area contributed by atoms with E-state index in [0.717, 1.165) is 22.6 Å². The quantitative estimate of drug-likeness (QED) is 0.483. The summed E-state index contributed by atoms with van der Waals surface area (Å²) in [6, 6.07) is 6.10. The third-order valence-electron chi connectivity index (χ3n) is 6.01. The lowest BCUT2D eigenvalue weighted by atomic mass is 10.1. The smallest absolute Gasteiger partial charge is 0.162 e. The third-order valence-corrected chi connectivity index (χ3v) is 8.12. The second-order valence-electron chi connectivity index (χ2n) is 8.66. The fraction of sp³-hybridized carbons (Fsp3) is 0.522. The summed E-state index contributed by atoms with van der Waals surface area (Å²) < 4.78 is 19.7. The maximum Gasteiger partial charge on any atom is 0.162 e. The Kier molecular flexibility index (Phi) is 7.19. The first-order chi connectivity index (χ1) is 15.1. The van der Waals surface area contributed by atoms with Gasteiger partial charge in [0, 0.05) is 41.7 Å². The minimum absolute atomic E-state index is 0.320. The van der Waals surface area contributed by atoms with Gasteiger partial charge in [0.25, 0.3) is 0 Å². The molecule has 0 spiro atoms. The largest absolute Gasteiger partial charge is 0.384 e. The van der Waals surface area contributed by atoms with Crippen LogP contribution in [0.4, 0.5) is 5.82 Å². The van der Waals surface area contributed by atoms with E-state index in [4.69, 9.17) is 10.5 Å². The lowest BCUT2D eigenvalue weighted by Gasteiger charge is -2.23. The van der Waals surface area contributed by atoms with Gasteiger partial charge in [0.15, 0.2) is 5.82 Å². The Hall–Kier alpha value is -2.52. The lowest BCUT2D eigenvalue weighted by Crippen LogP contribution is -2.31. The summed E-state index contributed by atoms with van der Waals surface area (Å²) in [4.78, 5) is 18.7. The Morgan fingerprint density at radius 3 is 2.53 bits per heavy atom. The average Bonchev–Trinajstić information content (AvgIpc) is 3.43. The van der Waals surface area contributed by atoms with E-state index in [0.29, 0.717) is 30.2 Å². The molecule has 3 aromatic heterocycles. The molecule has 174 valence electrons. The molecule has 1 fully saturated rings. The average molecular weight is 458 g/mol. The molecule has 0 aromatic carbocycles. The van der Waals surface area contributed by atoms with E-state index in [1.165, 1.54) is 25.8 Å². The molecule has 0 bridgehead atoms. The molecule has 4 rings (SSSR count). The predicted octanol–water partition coefficient (Wildman–Crippen LogP) is 4.39. The summed E-state index contributed by atoms with van der Waals surface area (Å²) >= 11 is 0. The normalized spacial score (nSPS) is 16.6. The van der Waals surface area contributed by atoms with E-state index in [9.17, 15) is 4.21 Å². The van der Waals surface area contributed by atoms with Crippen molar-refractivity contribution < 1.29 is 4.21 Å². The molecule has 32 heavy (non-hydrogen) atoms.